The van der Waals surface area contributed by atoms with Crippen LogP contribution in [0.3, 0.4) is 0 Å². The summed E-state index contributed by atoms with van der Waals surface area (Å²) in [5.41, 5.74) is 1.33. The summed E-state index contributed by atoms with van der Waals surface area (Å²) in [5, 5.41) is 12.4. The number of nitriles is 1. The van der Waals surface area contributed by atoms with Gasteiger partial charge in [0.05, 0.1) is 16.1 Å². The fourth-order valence-electron chi connectivity index (χ4n) is 2.11. The Hall–Kier alpha value is -2.40. The van der Waals surface area contributed by atoms with E-state index in [0.29, 0.717) is 21.8 Å². The van der Waals surface area contributed by atoms with Gasteiger partial charge in [0.15, 0.2) is 5.78 Å². The molecular formula is C17H16ClN3O3S. The summed E-state index contributed by atoms with van der Waals surface area (Å²) in [6.45, 7) is 1.78. The van der Waals surface area contributed by atoms with Gasteiger partial charge >= 0.3 is 0 Å². The van der Waals surface area contributed by atoms with E-state index in [2.05, 4.69) is 10.0 Å². The molecule has 0 amide bonds. The zero-order valence-electron chi connectivity index (χ0n) is 13.4. The first kappa shape index (κ1) is 18.9. The van der Waals surface area contributed by atoms with Crippen LogP contribution in [0, 0.1) is 11.3 Å². The minimum absolute atomic E-state index is 0.0799. The number of benzene rings is 2. The van der Waals surface area contributed by atoms with Crippen LogP contribution in [0.5, 0.6) is 0 Å². The molecule has 25 heavy (non-hydrogen) atoms. The predicted octanol–water partition coefficient (Wildman–Crippen LogP) is 2.80. The summed E-state index contributed by atoms with van der Waals surface area (Å²) in [6.07, 6.45) is 0. The van der Waals surface area contributed by atoms with Gasteiger partial charge in [-0.3, -0.25) is 4.79 Å². The van der Waals surface area contributed by atoms with Crippen molar-refractivity contribution in [3.05, 3.63) is 58.6 Å². The lowest BCUT2D eigenvalue weighted by molar-refractivity contribution is 0.101. The Morgan fingerprint density at radius 2 is 1.96 bits per heavy atom. The summed E-state index contributed by atoms with van der Waals surface area (Å²) < 4.78 is 26.8. The highest BCUT2D eigenvalue weighted by molar-refractivity contribution is 7.89. The van der Waals surface area contributed by atoms with Crippen molar-refractivity contribution in [2.24, 2.45) is 0 Å². The molecule has 0 heterocycles. The van der Waals surface area contributed by atoms with E-state index in [1.165, 1.54) is 19.1 Å². The lowest BCUT2D eigenvalue weighted by Crippen LogP contribution is -2.29. The molecule has 0 bridgehead atoms. The van der Waals surface area contributed by atoms with Gasteiger partial charge in [-0.25, -0.2) is 13.1 Å². The van der Waals surface area contributed by atoms with Crippen LogP contribution in [0.2, 0.25) is 5.02 Å². The largest absolute Gasteiger partial charge is 0.383 e. The lowest BCUT2D eigenvalue weighted by Gasteiger charge is -2.11. The summed E-state index contributed by atoms with van der Waals surface area (Å²) in [6, 6.07) is 12.7. The molecule has 0 aromatic heterocycles. The first-order valence-corrected chi connectivity index (χ1v) is 9.24. The number of halogens is 1. The molecule has 2 N–H and O–H groups in total. The van der Waals surface area contributed by atoms with Crippen LogP contribution in [-0.2, 0) is 10.0 Å². The molecule has 2 aromatic rings. The Balaban J connectivity index is 2.00. The van der Waals surface area contributed by atoms with Gasteiger partial charge < -0.3 is 5.32 Å². The van der Waals surface area contributed by atoms with Gasteiger partial charge in [-0.2, -0.15) is 5.26 Å². The van der Waals surface area contributed by atoms with E-state index in [1.54, 1.807) is 30.3 Å². The van der Waals surface area contributed by atoms with Gasteiger partial charge in [0, 0.05) is 23.7 Å². The second kappa shape index (κ2) is 8.12. The van der Waals surface area contributed by atoms with Crippen molar-refractivity contribution in [3.63, 3.8) is 0 Å². The zero-order valence-corrected chi connectivity index (χ0v) is 15.0. The molecule has 0 saturated carbocycles. The Morgan fingerprint density at radius 1 is 1.20 bits per heavy atom. The fraction of sp³-hybridized carbons (Fsp3) is 0.176. The molecular weight excluding hydrogens is 362 g/mol. The van der Waals surface area contributed by atoms with Crippen LogP contribution in [0.15, 0.2) is 47.4 Å². The molecule has 0 saturated heterocycles. The molecule has 0 aliphatic heterocycles. The second-order valence-electron chi connectivity index (χ2n) is 5.21. The minimum Gasteiger partial charge on any atom is -0.383 e. The van der Waals surface area contributed by atoms with Crippen molar-refractivity contribution in [1.29, 1.82) is 5.26 Å². The molecule has 2 aromatic carbocycles. The maximum Gasteiger partial charge on any atom is 0.240 e. The number of hydrogen-bond donors (Lipinski definition) is 2. The molecule has 0 aliphatic carbocycles. The molecule has 8 heteroatoms. The fourth-order valence-corrected chi connectivity index (χ4v) is 3.44. The molecule has 0 fully saturated rings. The molecule has 6 nitrogen and oxygen atoms in total. The van der Waals surface area contributed by atoms with E-state index in [0.717, 1.165) is 0 Å². The number of hydrogen-bond acceptors (Lipinski definition) is 5. The standard InChI is InChI=1S/C17H16ClN3O3S/c1-12(22)13-5-6-14(11-19)17(9-13)20-7-8-21-25(23,24)16-4-2-3-15(18)10-16/h2-6,9-10,20-21H,7-8H2,1H3. The minimum atomic E-state index is -3.67. The molecule has 2 rings (SSSR count). The Labute approximate surface area is 151 Å². The predicted molar refractivity (Wildman–Crippen MR) is 96.3 cm³/mol. The lowest BCUT2D eigenvalue weighted by atomic mass is 10.1. The van der Waals surface area contributed by atoms with Crippen molar-refractivity contribution in [2.75, 3.05) is 18.4 Å². The van der Waals surface area contributed by atoms with Crippen molar-refractivity contribution in [2.45, 2.75) is 11.8 Å². The van der Waals surface area contributed by atoms with Crippen molar-refractivity contribution >= 4 is 33.1 Å². The third-order valence-electron chi connectivity index (χ3n) is 3.39. The first-order chi connectivity index (χ1) is 11.8. The summed E-state index contributed by atoms with van der Waals surface area (Å²) in [4.78, 5) is 11.5. The van der Waals surface area contributed by atoms with Crippen LogP contribution in [-0.4, -0.2) is 27.3 Å². The number of rotatable bonds is 7. The average Bonchev–Trinajstić information content (AvgIpc) is 2.58. The Kier molecular flexibility index (Phi) is 6.15. The number of carbonyl (C=O) groups is 1. The van der Waals surface area contributed by atoms with Crippen LogP contribution >= 0.6 is 11.6 Å². The molecule has 0 radical (unpaired) electrons. The number of carbonyl (C=O) groups excluding carboxylic acids is 1. The van der Waals surface area contributed by atoms with E-state index in [4.69, 9.17) is 16.9 Å². The van der Waals surface area contributed by atoms with E-state index in [-0.39, 0.29) is 23.8 Å². The highest BCUT2D eigenvalue weighted by atomic mass is 35.5. The molecule has 0 unspecified atom stereocenters. The number of nitrogens with one attached hydrogen (secondary N) is 2. The number of anilines is 1. The van der Waals surface area contributed by atoms with E-state index < -0.39 is 10.0 Å². The van der Waals surface area contributed by atoms with E-state index >= 15 is 0 Å². The smallest absolute Gasteiger partial charge is 0.240 e. The van der Waals surface area contributed by atoms with Gasteiger partial charge in [0.25, 0.3) is 0 Å². The van der Waals surface area contributed by atoms with Gasteiger partial charge in [-0.1, -0.05) is 17.7 Å². The maximum atomic E-state index is 12.2. The quantitative estimate of drug-likeness (QED) is 0.571. The monoisotopic (exact) mass is 377 g/mol. The molecule has 0 spiro atoms. The SMILES string of the molecule is CC(=O)c1ccc(C#N)c(NCCNS(=O)(=O)c2cccc(Cl)c2)c1. The van der Waals surface area contributed by atoms with E-state index in [9.17, 15) is 13.2 Å². The van der Waals surface area contributed by atoms with Crippen molar-refractivity contribution < 1.29 is 13.2 Å². The number of Topliss-reactive ketones (excluding diaryl/α,β-unsaturated/α-hetero) is 1. The van der Waals surface area contributed by atoms with Crippen molar-refractivity contribution in [3.8, 4) is 6.07 Å². The molecule has 0 aliphatic rings. The third kappa shape index (κ3) is 5.03. The Morgan fingerprint density at radius 3 is 2.60 bits per heavy atom. The van der Waals surface area contributed by atoms with Gasteiger partial charge in [0.1, 0.15) is 6.07 Å². The highest BCUT2D eigenvalue weighted by Crippen LogP contribution is 2.18. The van der Waals surface area contributed by atoms with Crippen LogP contribution < -0.4 is 10.0 Å². The number of nitrogens with zero attached hydrogens (tertiary/aromatic N) is 1. The number of ketones is 1. The number of sulfonamides is 1. The van der Waals surface area contributed by atoms with Crippen molar-refractivity contribution in [1.82, 2.24) is 4.72 Å². The van der Waals surface area contributed by atoms with E-state index in [1.807, 2.05) is 6.07 Å². The summed E-state index contributed by atoms with van der Waals surface area (Å²) in [7, 11) is -3.67. The topological polar surface area (TPSA) is 99.1 Å². The molecule has 130 valence electrons. The van der Waals surface area contributed by atoms with Crippen LogP contribution in [0.4, 0.5) is 5.69 Å². The Bertz CT molecular complexity index is 936. The van der Waals surface area contributed by atoms with Gasteiger partial charge in [0.2, 0.25) is 10.0 Å². The van der Waals surface area contributed by atoms with Crippen LogP contribution in [0.1, 0.15) is 22.8 Å². The summed E-state index contributed by atoms with van der Waals surface area (Å²) >= 11 is 5.80. The highest BCUT2D eigenvalue weighted by Gasteiger charge is 2.13. The van der Waals surface area contributed by atoms with Gasteiger partial charge in [-0.05, 0) is 43.3 Å². The first-order valence-electron chi connectivity index (χ1n) is 7.37. The van der Waals surface area contributed by atoms with Crippen LogP contribution in [0.25, 0.3) is 0 Å². The second-order valence-corrected chi connectivity index (χ2v) is 7.41. The summed E-state index contributed by atoms with van der Waals surface area (Å²) in [5.74, 6) is -0.116. The van der Waals surface area contributed by atoms with Gasteiger partial charge in [-0.15, -0.1) is 0 Å². The maximum absolute atomic E-state index is 12.2. The normalized spacial score (nSPS) is 10.9. The average molecular weight is 378 g/mol. The third-order valence-corrected chi connectivity index (χ3v) is 5.08. The molecule has 0 atom stereocenters. The zero-order chi connectivity index (χ0) is 18.4.